The Morgan fingerprint density at radius 1 is 0.895 bits per heavy atom. The van der Waals surface area contributed by atoms with E-state index in [0.29, 0.717) is 5.56 Å². The second-order valence-corrected chi connectivity index (χ2v) is 4.27. The fourth-order valence-corrected chi connectivity index (χ4v) is 1.69. The van der Waals surface area contributed by atoms with Crippen LogP contribution in [0.2, 0.25) is 0 Å². The van der Waals surface area contributed by atoms with Crippen LogP contribution in [0.15, 0.2) is 24.3 Å². The second-order valence-electron chi connectivity index (χ2n) is 4.27. The molecule has 0 saturated carbocycles. The van der Waals surface area contributed by atoms with E-state index in [1.165, 1.54) is 12.1 Å². The third-order valence-electron chi connectivity index (χ3n) is 2.77. The fraction of sp³-hybridized carbons (Fsp3) is 0.500. The van der Waals surface area contributed by atoms with Crippen molar-refractivity contribution >= 4 is 0 Å². The number of halogens is 6. The highest BCUT2D eigenvalue weighted by Crippen LogP contribution is 2.46. The van der Waals surface area contributed by atoms with E-state index < -0.39 is 23.8 Å². The van der Waals surface area contributed by atoms with E-state index in [9.17, 15) is 26.3 Å². The molecule has 1 atom stereocenters. The molecule has 1 N–H and O–H groups in total. The minimum absolute atomic E-state index is 0.235. The highest BCUT2D eigenvalue weighted by atomic mass is 19.4. The van der Waals surface area contributed by atoms with Crippen molar-refractivity contribution in [2.24, 2.45) is 0 Å². The van der Waals surface area contributed by atoms with Crippen LogP contribution in [-0.2, 0) is 0 Å². The maximum Gasteiger partial charge on any atom is 0.404 e. The number of benzene rings is 1. The summed E-state index contributed by atoms with van der Waals surface area (Å²) in [5, 5.41) is 8.87. The highest BCUT2D eigenvalue weighted by molar-refractivity contribution is 5.29. The number of aliphatic hydroxyl groups is 1. The van der Waals surface area contributed by atoms with Gasteiger partial charge >= 0.3 is 12.4 Å². The summed E-state index contributed by atoms with van der Waals surface area (Å²) in [5.74, 6) is -3.83. The Bertz CT molecular complexity index is 392. The number of alkyl halides is 6. The average molecular weight is 286 g/mol. The van der Waals surface area contributed by atoms with Crippen molar-refractivity contribution in [2.75, 3.05) is 6.61 Å². The molecule has 1 unspecified atom stereocenters. The third-order valence-corrected chi connectivity index (χ3v) is 2.77. The lowest BCUT2D eigenvalue weighted by Gasteiger charge is -2.23. The van der Waals surface area contributed by atoms with Crippen LogP contribution in [0.3, 0.4) is 0 Å². The summed E-state index contributed by atoms with van der Waals surface area (Å²) in [6.07, 6.45) is -10.8. The topological polar surface area (TPSA) is 20.2 Å². The average Bonchev–Trinajstić information content (AvgIpc) is 2.25. The molecule has 0 aromatic heterocycles. The van der Waals surface area contributed by atoms with Crippen molar-refractivity contribution in [2.45, 2.75) is 31.1 Å². The number of rotatable bonds is 3. The van der Waals surface area contributed by atoms with Gasteiger partial charge in [-0.15, -0.1) is 0 Å². The van der Waals surface area contributed by atoms with Crippen LogP contribution in [0.25, 0.3) is 0 Å². The quantitative estimate of drug-likeness (QED) is 0.833. The van der Waals surface area contributed by atoms with E-state index in [4.69, 9.17) is 5.11 Å². The Kier molecular flexibility index (Phi) is 4.50. The summed E-state index contributed by atoms with van der Waals surface area (Å²) in [6, 6.07) is 3.93. The second kappa shape index (κ2) is 5.40. The molecule has 0 bridgehead atoms. The van der Waals surface area contributed by atoms with Crippen molar-refractivity contribution in [3.05, 3.63) is 35.4 Å². The van der Waals surface area contributed by atoms with Gasteiger partial charge in [0.15, 0.2) is 5.92 Å². The van der Waals surface area contributed by atoms with Gasteiger partial charge in [0.2, 0.25) is 0 Å². The minimum atomic E-state index is -5.39. The van der Waals surface area contributed by atoms with E-state index in [1.807, 2.05) is 0 Å². The van der Waals surface area contributed by atoms with Crippen molar-refractivity contribution in [1.29, 1.82) is 0 Å². The summed E-state index contributed by atoms with van der Waals surface area (Å²) in [5.41, 5.74) is -0.372. The Balaban J connectivity index is 3.12. The van der Waals surface area contributed by atoms with Crippen LogP contribution < -0.4 is 0 Å². The number of hydrogen-bond acceptors (Lipinski definition) is 1. The first-order valence-corrected chi connectivity index (χ1v) is 5.41. The van der Waals surface area contributed by atoms with Crippen LogP contribution in [-0.4, -0.2) is 24.1 Å². The summed E-state index contributed by atoms with van der Waals surface area (Å²) in [4.78, 5) is 0. The molecule has 108 valence electrons. The molecule has 7 heteroatoms. The lowest BCUT2D eigenvalue weighted by atomic mass is 9.94. The molecule has 1 rings (SSSR count). The van der Waals surface area contributed by atoms with E-state index in [2.05, 4.69) is 0 Å². The molecule has 0 aliphatic rings. The molecule has 0 spiro atoms. The van der Waals surface area contributed by atoms with Gasteiger partial charge in [-0.1, -0.05) is 31.2 Å². The first kappa shape index (κ1) is 15.8. The Labute approximate surface area is 105 Å². The molecule has 0 heterocycles. The van der Waals surface area contributed by atoms with Gasteiger partial charge in [0.25, 0.3) is 0 Å². The van der Waals surface area contributed by atoms with E-state index in [0.717, 1.165) is 12.1 Å². The monoisotopic (exact) mass is 286 g/mol. The van der Waals surface area contributed by atoms with Crippen molar-refractivity contribution in [1.82, 2.24) is 0 Å². The van der Waals surface area contributed by atoms with Gasteiger partial charge in [-0.2, -0.15) is 26.3 Å². The van der Waals surface area contributed by atoms with Crippen LogP contribution in [0.5, 0.6) is 0 Å². The lowest BCUT2D eigenvalue weighted by molar-refractivity contribution is -0.253. The predicted octanol–water partition coefficient (Wildman–Crippen LogP) is 3.99. The van der Waals surface area contributed by atoms with Gasteiger partial charge in [-0.25, -0.2) is 0 Å². The summed E-state index contributed by atoms with van der Waals surface area (Å²) in [7, 11) is 0. The molecule has 0 saturated heterocycles. The normalized spacial score (nSPS) is 14.8. The van der Waals surface area contributed by atoms with Gasteiger partial charge in [0, 0.05) is 12.5 Å². The fourth-order valence-electron chi connectivity index (χ4n) is 1.69. The van der Waals surface area contributed by atoms with E-state index in [-0.39, 0.29) is 12.5 Å². The molecule has 0 amide bonds. The number of aliphatic hydroxyl groups excluding tert-OH is 1. The Morgan fingerprint density at radius 2 is 1.26 bits per heavy atom. The summed E-state index contributed by atoms with van der Waals surface area (Å²) in [6.45, 7) is 1.38. The van der Waals surface area contributed by atoms with Crippen molar-refractivity contribution in [3.8, 4) is 0 Å². The zero-order chi connectivity index (χ0) is 14.8. The molecule has 19 heavy (non-hydrogen) atoms. The number of hydrogen-bond donors (Lipinski definition) is 1. The molecular formula is C12H12F6O. The van der Waals surface area contributed by atoms with Gasteiger partial charge in [0.1, 0.15) is 0 Å². The first-order chi connectivity index (χ1) is 8.57. The molecule has 1 aromatic carbocycles. The lowest BCUT2D eigenvalue weighted by Crippen LogP contribution is -2.34. The highest BCUT2D eigenvalue weighted by Gasteiger charge is 2.57. The first-order valence-electron chi connectivity index (χ1n) is 5.41. The largest absolute Gasteiger partial charge is 0.404 e. The smallest absolute Gasteiger partial charge is 0.396 e. The molecule has 0 radical (unpaired) electrons. The maximum absolute atomic E-state index is 12.5. The van der Waals surface area contributed by atoms with Gasteiger partial charge < -0.3 is 5.11 Å². The van der Waals surface area contributed by atoms with Crippen LogP contribution in [0, 0.1) is 0 Å². The summed E-state index contributed by atoms with van der Waals surface area (Å²) < 4.78 is 74.8. The summed E-state index contributed by atoms with van der Waals surface area (Å²) >= 11 is 0. The third kappa shape index (κ3) is 3.86. The van der Waals surface area contributed by atoms with Crippen LogP contribution >= 0.6 is 0 Å². The van der Waals surface area contributed by atoms with Crippen molar-refractivity contribution < 1.29 is 31.4 Å². The van der Waals surface area contributed by atoms with E-state index in [1.54, 1.807) is 6.92 Å². The molecule has 0 aliphatic heterocycles. The standard InChI is InChI=1S/C12H12F6O/c1-7(6-19)8-2-4-9(5-3-8)10(11(13,14)15)12(16,17)18/h2-5,7,10,19H,6H2,1H3. The molecule has 1 aromatic rings. The maximum atomic E-state index is 12.5. The minimum Gasteiger partial charge on any atom is -0.396 e. The molecule has 0 aliphatic carbocycles. The molecular weight excluding hydrogens is 274 g/mol. The van der Waals surface area contributed by atoms with Gasteiger partial charge in [-0.3, -0.25) is 0 Å². The molecule has 1 nitrogen and oxygen atoms in total. The SMILES string of the molecule is CC(CO)c1ccc(C(C(F)(F)F)C(F)(F)F)cc1. The molecule has 0 fully saturated rings. The van der Waals surface area contributed by atoms with Crippen LogP contribution in [0.1, 0.15) is 29.9 Å². The predicted molar refractivity (Wildman–Crippen MR) is 56.8 cm³/mol. The zero-order valence-electron chi connectivity index (χ0n) is 9.89. The van der Waals surface area contributed by atoms with Crippen LogP contribution in [0.4, 0.5) is 26.3 Å². The van der Waals surface area contributed by atoms with Gasteiger partial charge in [0.05, 0.1) is 0 Å². The Morgan fingerprint density at radius 3 is 1.58 bits per heavy atom. The van der Waals surface area contributed by atoms with E-state index >= 15 is 0 Å². The Hall–Kier alpha value is -1.24. The van der Waals surface area contributed by atoms with Gasteiger partial charge in [-0.05, 0) is 11.1 Å². The van der Waals surface area contributed by atoms with Crippen molar-refractivity contribution in [3.63, 3.8) is 0 Å². The zero-order valence-corrected chi connectivity index (χ0v) is 9.89.